The first-order chi connectivity index (χ1) is 26.4. The summed E-state index contributed by atoms with van der Waals surface area (Å²) < 4.78 is 17.1. The van der Waals surface area contributed by atoms with Crippen LogP contribution in [-0.4, -0.2) is 67.8 Å². The molecule has 0 fully saturated rings. The van der Waals surface area contributed by atoms with E-state index >= 15 is 0 Å². The lowest BCUT2D eigenvalue weighted by Gasteiger charge is -2.25. The van der Waals surface area contributed by atoms with Crippen molar-refractivity contribution in [3.05, 3.63) is 24.3 Å². The number of primary amides is 1. The molecule has 0 rings (SSSR count). The van der Waals surface area contributed by atoms with Gasteiger partial charge in [0.15, 0.2) is 6.10 Å². The molecule has 0 saturated carbocycles. The Kier molecular flexibility index (Phi) is 38.8. The zero-order valence-corrected chi connectivity index (χ0v) is 35.8. The van der Waals surface area contributed by atoms with Gasteiger partial charge in [-0.2, -0.15) is 0 Å². The average Bonchev–Trinajstić information content (AvgIpc) is 3.16. The lowest BCUT2D eigenvalue weighted by Crippen LogP contribution is -2.47. The molecular weight excluding hydrogens is 677 g/mol. The standard InChI is InChI=1S/C46H86N2O6/c1-5-9-11-13-15-17-19-21-23-25-27-29-31-33-35-37-43(49)53-42(41-52-40-39-48(7-3)8-4)45(46(47)51)54-44(50)38-36-34-32-30-28-26-24-22-20-18-16-14-12-10-6-2/h21-24,42,45H,5-20,25-41H2,1-4H3,(H2,47,51)/b23-21-,24-22-. The minimum Gasteiger partial charge on any atom is -0.455 e. The molecule has 8 nitrogen and oxygen atoms in total. The number of rotatable bonds is 41. The SMILES string of the molecule is CCCCCCCC/C=C\CCCCCCCC(=O)OC(COCCN(CC)CC)C(OC(=O)CCCCCCC/C=C\CCCCCCCC)C(N)=O. The molecule has 0 radical (unpaired) electrons. The summed E-state index contributed by atoms with van der Waals surface area (Å²) in [6, 6.07) is 0. The van der Waals surface area contributed by atoms with Gasteiger partial charge in [0.05, 0.1) is 13.2 Å². The van der Waals surface area contributed by atoms with Gasteiger partial charge in [-0.05, 0) is 77.3 Å². The third kappa shape index (κ3) is 34.3. The number of hydrogen-bond acceptors (Lipinski definition) is 7. The van der Waals surface area contributed by atoms with Crippen LogP contribution in [0.2, 0.25) is 0 Å². The number of nitrogens with zero attached hydrogens (tertiary/aromatic N) is 1. The van der Waals surface area contributed by atoms with Crippen LogP contribution in [0.1, 0.15) is 207 Å². The second-order valence-electron chi connectivity index (χ2n) is 15.1. The lowest BCUT2D eigenvalue weighted by molar-refractivity contribution is -0.176. The number of hydrogen-bond donors (Lipinski definition) is 1. The molecule has 0 saturated heterocycles. The molecule has 316 valence electrons. The largest absolute Gasteiger partial charge is 0.455 e. The Morgan fingerprint density at radius 2 is 0.889 bits per heavy atom. The minimum atomic E-state index is -1.38. The van der Waals surface area contributed by atoms with Crippen molar-refractivity contribution in [1.82, 2.24) is 4.90 Å². The zero-order valence-electron chi connectivity index (χ0n) is 35.8. The molecule has 0 aromatic carbocycles. The normalized spacial score (nSPS) is 12.9. The highest BCUT2D eigenvalue weighted by molar-refractivity contribution is 5.83. The Morgan fingerprint density at radius 1 is 0.519 bits per heavy atom. The van der Waals surface area contributed by atoms with Crippen molar-refractivity contribution in [2.45, 2.75) is 220 Å². The molecule has 2 unspecified atom stereocenters. The van der Waals surface area contributed by atoms with E-state index in [1.54, 1.807) is 0 Å². The van der Waals surface area contributed by atoms with Gasteiger partial charge < -0.3 is 24.8 Å². The first kappa shape index (κ1) is 51.8. The van der Waals surface area contributed by atoms with E-state index in [-0.39, 0.29) is 19.4 Å². The van der Waals surface area contributed by atoms with Crippen LogP contribution in [0.25, 0.3) is 0 Å². The Morgan fingerprint density at radius 3 is 1.28 bits per heavy atom. The molecule has 2 N–H and O–H groups in total. The molecule has 0 aliphatic rings. The van der Waals surface area contributed by atoms with E-state index in [1.807, 2.05) is 0 Å². The van der Waals surface area contributed by atoms with Crippen molar-refractivity contribution in [3.63, 3.8) is 0 Å². The van der Waals surface area contributed by atoms with Crippen LogP contribution in [0, 0.1) is 0 Å². The fourth-order valence-corrected chi connectivity index (χ4v) is 6.54. The number of carbonyl (C=O) groups excluding carboxylic acids is 3. The minimum absolute atomic E-state index is 0.0618. The van der Waals surface area contributed by atoms with Gasteiger partial charge in [-0.15, -0.1) is 0 Å². The molecule has 1 amide bonds. The Bertz CT molecular complexity index is 919. The molecule has 0 aliphatic carbocycles. The lowest BCUT2D eigenvalue weighted by atomic mass is 10.1. The average molecular weight is 763 g/mol. The highest BCUT2D eigenvalue weighted by atomic mass is 16.6. The van der Waals surface area contributed by atoms with Gasteiger partial charge >= 0.3 is 11.9 Å². The van der Waals surface area contributed by atoms with Crippen LogP contribution >= 0.6 is 0 Å². The molecular formula is C46H86N2O6. The van der Waals surface area contributed by atoms with Crippen molar-refractivity contribution < 1.29 is 28.6 Å². The maximum absolute atomic E-state index is 12.9. The second kappa shape index (κ2) is 40.5. The van der Waals surface area contributed by atoms with Crippen molar-refractivity contribution >= 4 is 17.8 Å². The van der Waals surface area contributed by atoms with Crippen LogP contribution in [0.3, 0.4) is 0 Å². The number of esters is 2. The van der Waals surface area contributed by atoms with E-state index in [4.69, 9.17) is 19.9 Å². The number of allylic oxidation sites excluding steroid dienone is 4. The second-order valence-corrected chi connectivity index (χ2v) is 15.1. The summed E-state index contributed by atoms with van der Waals surface area (Å²) in [5.41, 5.74) is 5.70. The summed E-state index contributed by atoms with van der Waals surface area (Å²) in [6.07, 6.45) is 37.8. The van der Waals surface area contributed by atoms with Gasteiger partial charge in [-0.3, -0.25) is 14.4 Å². The molecule has 0 aromatic rings. The van der Waals surface area contributed by atoms with Crippen LogP contribution in [0.5, 0.6) is 0 Å². The van der Waals surface area contributed by atoms with E-state index in [1.165, 1.54) is 89.9 Å². The number of amides is 1. The number of nitrogens with two attached hydrogens (primary N) is 1. The Labute approximate surface area is 333 Å². The van der Waals surface area contributed by atoms with E-state index in [2.05, 4.69) is 56.9 Å². The monoisotopic (exact) mass is 763 g/mol. The van der Waals surface area contributed by atoms with Crippen LogP contribution < -0.4 is 5.73 Å². The van der Waals surface area contributed by atoms with Gasteiger partial charge in [-0.25, -0.2) is 0 Å². The van der Waals surface area contributed by atoms with Gasteiger partial charge in [0.1, 0.15) is 0 Å². The highest BCUT2D eigenvalue weighted by Crippen LogP contribution is 2.15. The number of unbranched alkanes of at least 4 members (excludes halogenated alkanes) is 22. The quantitative estimate of drug-likeness (QED) is 0.0375. The maximum atomic E-state index is 12.9. The molecule has 0 aliphatic heterocycles. The molecule has 2 atom stereocenters. The van der Waals surface area contributed by atoms with Crippen molar-refractivity contribution in [2.75, 3.05) is 32.8 Å². The summed E-state index contributed by atoms with van der Waals surface area (Å²) >= 11 is 0. The molecule has 8 heteroatoms. The predicted molar refractivity (Wildman–Crippen MR) is 226 cm³/mol. The van der Waals surface area contributed by atoms with Gasteiger partial charge in [-0.1, -0.05) is 155 Å². The highest BCUT2D eigenvalue weighted by Gasteiger charge is 2.33. The van der Waals surface area contributed by atoms with Gasteiger partial charge in [0, 0.05) is 19.4 Å². The molecule has 0 bridgehead atoms. The van der Waals surface area contributed by atoms with Crippen LogP contribution in [0.4, 0.5) is 0 Å². The van der Waals surface area contributed by atoms with E-state index in [0.29, 0.717) is 26.0 Å². The molecule has 54 heavy (non-hydrogen) atoms. The van der Waals surface area contributed by atoms with E-state index in [9.17, 15) is 14.4 Å². The smallest absolute Gasteiger partial charge is 0.306 e. The molecule has 0 spiro atoms. The number of ether oxygens (including phenoxy) is 3. The van der Waals surface area contributed by atoms with Crippen molar-refractivity contribution in [3.8, 4) is 0 Å². The van der Waals surface area contributed by atoms with Gasteiger partial charge in [0.2, 0.25) is 6.10 Å². The number of likely N-dealkylation sites (N-methyl/N-ethyl adjacent to an activating group) is 1. The fourth-order valence-electron chi connectivity index (χ4n) is 6.54. The Hall–Kier alpha value is -2.19. The zero-order chi connectivity index (χ0) is 39.7. The number of carbonyl (C=O) groups is 3. The third-order valence-corrected chi connectivity index (χ3v) is 10.2. The van der Waals surface area contributed by atoms with Crippen LogP contribution in [-0.2, 0) is 28.6 Å². The van der Waals surface area contributed by atoms with Gasteiger partial charge in [0.25, 0.3) is 5.91 Å². The summed E-state index contributed by atoms with van der Waals surface area (Å²) in [7, 11) is 0. The third-order valence-electron chi connectivity index (χ3n) is 10.2. The maximum Gasteiger partial charge on any atom is 0.306 e. The van der Waals surface area contributed by atoms with Crippen LogP contribution in [0.15, 0.2) is 24.3 Å². The topological polar surface area (TPSA) is 108 Å². The first-order valence-electron chi connectivity index (χ1n) is 22.7. The summed E-state index contributed by atoms with van der Waals surface area (Å²) in [5.74, 6) is -1.76. The molecule has 0 heterocycles. The fraction of sp³-hybridized carbons (Fsp3) is 0.848. The van der Waals surface area contributed by atoms with Crippen molar-refractivity contribution in [2.24, 2.45) is 5.73 Å². The summed E-state index contributed by atoms with van der Waals surface area (Å²) in [4.78, 5) is 40.4. The van der Waals surface area contributed by atoms with Crippen molar-refractivity contribution in [1.29, 1.82) is 0 Å². The summed E-state index contributed by atoms with van der Waals surface area (Å²) in [6.45, 7) is 11.5. The van der Waals surface area contributed by atoms with E-state index in [0.717, 1.165) is 77.3 Å². The van der Waals surface area contributed by atoms with E-state index < -0.39 is 30.1 Å². The first-order valence-corrected chi connectivity index (χ1v) is 22.7. The predicted octanol–water partition coefficient (Wildman–Crippen LogP) is 11.7. The summed E-state index contributed by atoms with van der Waals surface area (Å²) in [5, 5.41) is 0. The molecule has 0 aromatic heterocycles. The Balaban J connectivity index is 4.52.